The zero-order valence-corrected chi connectivity index (χ0v) is 9.50. The number of rotatable bonds is 4. The average molecular weight is 200 g/mol. The summed E-state index contributed by atoms with van der Waals surface area (Å²) in [6.07, 6.45) is 5.48. The summed E-state index contributed by atoms with van der Waals surface area (Å²) < 4.78 is 0. The lowest BCUT2D eigenvalue weighted by molar-refractivity contribution is 0.0947. The van der Waals surface area contributed by atoms with Crippen LogP contribution in [0.5, 0.6) is 0 Å². The van der Waals surface area contributed by atoms with Gasteiger partial charge in [-0.2, -0.15) is 0 Å². The summed E-state index contributed by atoms with van der Waals surface area (Å²) >= 11 is 0. The molecule has 0 saturated heterocycles. The van der Waals surface area contributed by atoms with Crippen LogP contribution in [0.1, 0.15) is 39.0 Å². The Morgan fingerprint density at radius 2 is 2.29 bits per heavy atom. The van der Waals surface area contributed by atoms with Gasteiger partial charge in [0.25, 0.3) is 0 Å². The second-order valence-electron chi connectivity index (χ2n) is 4.75. The number of nitrogens with two attached hydrogens (primary N) is 1. The molecule has 14 heavy (non-hydrogen) atoms. The first-order valence-corrected chi connectivity index (χ1v) is 5.71. The number of aliphatic hydroxyl groups is 1. The summed E-state index contributed by atoms with van der Waals surface area (Å²) in [6, 6.07) is 0.570. The zero-order valence-electron chi connectivity index (χ0n) is 9.50. The van der Waals surface area contributed by atoms with Crippen LogP contribution < -0.4 is 5.73 Å². The molecule has 0 spiro atoms. The topological polar surface area (TPSA) is 49.5 Å². The van der Waals surface area contributed by atoms with Gasteiger partial charge in [-0.25, -0.2) is 0 Å². The van der Waals surface area contributed by atoms with Crippen molar-refractivity contribution in [1.82, 2.24) is 4.90 Å². The van der Waals surface area contributed by atoms with Crippen molar-refractivity contribution >= 4 is 0 Å². The molecule has 2 unspecified atom stereocenters. The molecule has 0 aromatic heterocycles. The predicted molar refractivity (Wildman–Crippen MR) is 59.2 cm³/mol. The molecule has 1 aliphatic rings. The van der Waals surface area contributed by atoms with Crippen LogP contribution in [0.15, 0.2) is 0 Å². The number of hydrogen-bond donors (Lipinski definition) is 2. The van der Waals surface area contributed by atoms with Gasteiger partial charge in [0.2, 0.25) is 0 Å². The fourth-order valence-corrected chi connectivity index (χ4v) is 2.42. The molecule has 0 amide bonds. The molecule has 84 valence electrons. The first kappa shape index (κ1) is 12.0. The molecule has 3 N–H and O–H groups in total. The minimum atomic E-state index is -0.315. The van der Waals surface area contributed by atoms with E-state index in [0.717, 1.165) is 25.8 Å². The van der Waals surface area contributed by atoms with Crippen molar-refractivity contribution in [3.63, 3.8) is 0 Å². The van der Waals surface area contributed by atoms with Crippen LogP contribution in [0.2, 0.25) is 0 Å². The fourth-order valence-electron chi connectivity index (χ4n) is 2.42. The van der Waals surface area contributed by atoms with Gasteiger partial charge in [-0.1, -0.05) is 6.92 Å². The smallest absolute Gasteiger partial charge is 0.0611 e. The average Bonchev–Trinajstić information content (AvgIpc) is 2.18. The lowest BCUT2D eigenvalue weighted by Crippen LogP contribution is -2.52. The van der Waals surface area contributed by atoms with Gasteiger partial charge in [0, 0.05) is 11.6 Å². The van der Waals surface area contributed by atoms with Crippen molar-refractivity contribution in [2.75, 3.05) is 20.2 Å². The molecule has 0 aromatic carbocycles. The van der Waals surface area contributed by atoms with E-state index in [1.54, 1.807) is 0 Å². The Balaban J connectivity index is 2.47. The Labute approximate surface area is 87.3 Å². The van der Waals surface area contributed by atoms with E-state index in [9.17, 15) is 5.11 Å². The summed E-state index contributed by atoms with van der Waals surface area (Å²) in [7, 11) is 2.16. The third kappa shape index (κ3) is 2.94. The Bertz CT molecular complexity index is 175. The lowest BCUT2D eigenvalue weighted by atomic mass is 9.80. The predicted octanol–water partition coefficient (Wildman–Crippen LogP) is 0.961. The van der Waals surface area contributed by atoms with Crippen molar-refractivity contribution < 1.29 is 5.11 Å². The van der Waals surface area contributed by atoms with Gasteiger partial charge in [0.05, 0.1) is 6.61 Å². The van der Waals surface area contributed by atoms with Gasteiger partial charge in [0.15, 0.2) is 0 Å². The molecular weight excluding hydrogens is 176 g/mol. The molecule has 1 saturated carbocycles. The molecule has 2 atom stereocenters. The Hall–Kier alpha value is -0.120. The fraction of sp³-hybridized carbons (Fsp3) is 1.00. The third-order valence-corrected chi connectivity index (χ3v) is 3.37. The number of nitrogens with zero attached hydrogens (tertiary/aromatic N) is 1. The highest BCUT2D eigenvalue weighted by Gasteiger charge is 2.33. The standard InChI is InChI=1S/C11H24N2O/c1-3-7-13(2)10-5-4-6-11(12,8-10)9-14/h10,14H,3-9,12H2,1-2H3. The molecule has 0 heterocycles. The minimum Gasteiger partial charge on any atom is -0.394 e. The zero-order chi connectivity index (χ0) is 10.6. The van der Waals surface area contributed by atoms with E-state index in [2.05, 4.69) is 18.9 Å². The van der Waals surface area contributed by atoms with Crippen LogP contribution in [0.4, 0.5) is 0 Å². The maximum absolute atomic E-state index is 9.24. The molecule has 1 rings (SSSR count). The van der Waals surface area contributed by atoms with Crippen LogP contribution >= 0.6 is 0 Å². The highest BCUT2D eigenvalue weighted by atomic mass is 16.3. The van der Waals surface area contributed by atoms with Gasteiger partial charge in [-0.15, -0.1) is 0 Å². The minimum absolute atomic E-state index is 0.128. The molecule has 0 radical (unpaired) electrons. The maximum atomic E-state index is 9.24. The molecule has 1 fully saturated rings. The second kappa shape index (κ2) is 5.10. The van der Waals surface area contributed by atoms with Crippen molar-refractivity contribution in [3.05, 3.63) is 0 Å². The van der Waals surface area contributed by atoms with Crippen LogP contribution in [-0.2, 0) is 0 Å². The van der Waals surface area contributed by atoms with Crippen LogP contribution in [0.25, 0.3) is 0 Å². The van der Waals surface area contributed by atoms with Crippen LogP contribution in [-0.4, -0.2) is 41.8 Å². The van der Waals surface area contributed by atoms with E-state index in [0.29, 0.717) is 6.04 Å². The van der Waals surface area contributed by atoms with E-state index >= 15 is 0 Å². The van der Waals surface area contributed by atoms with Gasteiger partial charge in [-0.05, 0) is 45.7 Å². The van der Waals surface area contributed by atoms with Crippen molar-refractivity contribution in [2.24, 2.45) is 5.73 Å². The molecule has 1 aliphatic carbocycles. The number of hydrogen-bond acceptors (Lipinski definition) is 3. The summed E-state index contributed by atoms with van der Waals surface area (Å²) in [4.78, 5) is 2.39. The summed E-state index contributed by atoms with van der Waals surface area (Å²) in [5.74, 6) is 0. The van der Waals surface area contributed by atoms with E-state index < -0.39 is 0 Å². The molecular formula is C11H24N2O. The van der Waals surface area contributed by atoms with Gasteiger partial charge in [0.1, 0.15) is 0 Å². The monoisotopic (exact) mass is 200 g/mol. The van der Waals surface area contributed by atoms with Gasteiger partial charge in [-0.3, -0.25) is 0 Å². The quantitative estimate of drug-likeness (QED) is 0.710. The highest BCUT2D eigenvalue weighted by Crippen LogP contribution is 2.28. The summed E-state index contributed by atoms with van der Waals surface area (Å²) in [5.41, 5.74) is 5.79. The molecule has 0 aliphatic heterocycles. The molecule has 3 heteroatoms. The Morgan fingerprint density at radius 3 is 2.86 bits per heavy atom. The van der Waals surface area contributed by atoms with Crippen LogP contribution in [0, 0.1) is 0 Å². The van der Waals surface area contributed by atoms with Gasteiger partial charge < -0.3 is 15.7 Å². The first-order chi connectivity index (χ1) is 6.61. The Morgan fingerprint density at radius 1 is 1.57 bits per heavy atom. The van der Waals surface area contributed by atoms with E-state index in [4.69, 9.17) is 5.73 Å². The molecule has 3 nitrogen and oxygen atoms in total. The highest BCUT2D eigenvalue weighted by molar-refractivity contribution is 4.93. The summed E-state index contributed by atoms with van der Waals surface area (Å²) in [6.45, 7) is 3.46. The van der Waals surface area contributed by atoms with E-state index in [-0.39, 0.29) is 12.1 Å². The largest absolute Gasteiger partial charge is 0.394 e. The third-order valence-electron chi connectivity index (χ3n) is 3.37. The second-order valence-corrected chi connectivity index (χ2v) is 4.75. The van der Waals surface area contributed by atoms with Crippen LogP contribution in [0.3, 0.4) is 0 Å². The number of aliphatic hydroxyl groups excluding tert-OH is 1. The van der Waals surface area contributed by atoms with Crippen molar-refractivity contribution in [2.45, 2.75) is 50.6 Å². The normalized spacial score (nSPS) is 33.6. The Kier molecular flexibility index (Phi) is 4.35. The lowest BCUT2D eigenvalue weighted by Gasteiger charge is -2.40. The van der Waals surface area contributed by atoms with Crippen molar-refractivity contribution in [3.8, 4) is 0 Å². The maximum Gasteiger partial charge on any atom is 0.0611 e. The molecule has 0 bridgehead atoms. The molecule has 0 aromatic rings. The first-order valence-electron chi connectivity index (χ1n) is 5.71. The van der Waals surface area contributed by atoms with Crippen molar-refractivity contribution in [1.29, 1.82) is 0 Å². The van der Waals surface area contributed by atoms with Gasteiger partial charge >= 0.3 is 0 Å². The SMILES string of the molecule is CCCN(C)C1CCCC(N)(CO)C1. The van der Waals surface area contributed by atoms with E-state index in [1.807, 2.05) is 0 Å². The van der Waals surface area contributed by atoms with E-state index in [1.165, 1.54) is 12.8 Å². The summed E-state index contributed by atoms with van der Waals surface area (Å²) in [5, 5.41) is 9.24.